The summed E-state index contributed by atoms with van der Waals surface area (Å²) in [6.07, 6.45) is 4.03. The van der Waals surface area contributed by atoms with Crippen LogP contribution in [-0.2, 0) is 13.0 Å². The molecule has 0 aromatic heterocycles. The first-order valence-corrected chi connectivity index (χ1v) is 7.29. The van der Waals surface area contributed by atoms with Crippen molar-refractivity contribution >= 4 is 0 Å². The molecule has 1 saturated heterocycles. The Labute approximate surface area is 111 Å². The highest BCUT2D eigenvalue weighted by Gasteiger charge is 2.22. The van der Waals surface area contributed by atoms with E-state index < -0.39 is 0 Å². The molecule has 1 aromatic rings. The monoisotopic (exact) mass is 244 g/mol. The van der Waals surface area contributed by atoms with E-state index in [1.807, 2.05) is 0 Å². The van der Waals surface area contributed by atoms with Crippen molar-refractivity contribution < 1.29 is 0 Å². The smallest absolute Gasteiger partial charge is 0.0236 e. The van der Waals surface area contributed by atoms with Gasteiger partial charge in [-0.05, 0) is 49.9 Å². The fourth-order valence-corrected chi connectivity index (χ4v) is 3.50. The van der Waals surface area contributed by atoms with Gasteiger partial charge in [0.25, 0.3) is 0 Å². The van der Waals surface area contributed by atoms with Gasteiger partial charge in [0, 0.05) is 26.2 Å². The van der Waals surface area contributed by atoms with Gasteiger partial charge in [-0.15, -0.1) is 0 Å². The van der Waals surface area contributed by atoms with Gasteiger partial charge in [-0.1, -0.05) is 24.3 Å². The Morgan fingerprint density at radius 2 is 2.00 bits per heavy atom. The van der Waals surface area contributed by atoms with E-state index in [9.17, 15) is 0 Å². The summed E-state index contributed by atoms with van der Waals surface area (Å²) in [5.74, 6) is 0.883. The molecular formula is C16H24N2. The van der Waals surface area contributed by atoms with E-state index in [1.54, 1.807) is 11.1 Å². The zero-order chi connectivity index (χ0) is 12.4. The van der Waals surface area contributed by atoms with Crippen LogP contribution in [0.15, 0.2) is 24.3 Å². The van der Waals surface area contributed by atoms with Gasteiger partial charge in [0.05, 0.1) is 0 Å². The first-order valence-electron chi connectivity index (χ1n) is 7.29. The molecule has 0 amide bonds. The van der Waals surface area contributed by atoms with Crippen LogP contribution in [0.2, 0.25) is 0 Å². The van der Waals surface area contributed by atoms with E-state index in [2.05, 4.69) is 41.1 Å². The summed E-state index contributed by atoms with van der Waals surface area (Å²) < 4.78 is 0. The normalized spacial score (nSPS) is 25.9. The minimum absolute atomic E-state index is 0.883. The predicted molar refractivity (Wildman–Crippen MR) is 75.6 cm³/mol. The number of benzene rings is 1. The Bertz CT molecular complexity index is 402. The third-order valence-electron chi connectivity index (χ3n) is 4.45. The lowest BCUT2D eigenvalue weighted by molar-refractivity contribution is 0.144. The summed E-state index contributed by atoms with van der Waals surface area (Å²) in [5.41, 5.74) is 3.11. The second-order valence-electron chi connectivity index (χ2n) is 6.02. The van der Waals surface area contributed by atoms with Crippen LogP contribution >= 0.6 is 0 Å². The van der Waals surface area contributed by atoms with Crippen LogP contribution in [0.25, 0.3) is 0 Å². The largest absolute Gasteiger partial charge is 0.306 e. The minimum Gasteiger partial charge on any atom is -0.306 e. The number of likely N-dealkylation sites (tertiary alicyclic amines) is 1. The van der Waals surface area contributed by atoms with Crippen molar-refractivity contribution in [3.05, 3.63) is 35.4 Å². The lowest BCUT2D eigenvalue weighted by atomic mass is 9.95. The molecule has 2 nitrogen and oxygen atoms in total. The second kappa shape index (κ2) is 5.41. The molecule has 1 atom stereocenters. The van der Waals surface area contributed by atoms with E-state index in [4.69, 9.17) is 0 Å². The SMILES string of the molecule is CN1CCCC(CN2CCc3ccccc3C2)C1. The molecule has 98 valence electrons. The van der Waals surface area contributed by atoms with Crippen LogP contribution in [0.4, 0.5) is 0 Å². The maximum Gasteiger partial charge on any atom is 0.0236 e. The quantitative estimate of drug-likeness (QED) is 0.788. The maximum atomic E-state index is 2.66. The van der Waals surface area contributed by atoms with Crippen LogP contribution in [0.1, 0.15) is 24.0 Å². The summed E-state index contributed by atoms with van der Waals surface area (Å²) in [4.78, 5) is 5.15. The molecular weight excluding hydrogens is 220 g/mol. The van der Waals surface area contributed by atoms with Gasteiger partial charge in [-0.3, -0.25) is 4.90 Å². The van der Waals surface area contributed by atoms with Gasteiger partial charge in [0.15, 0.2) is 0 Å². The molecule has 3 rings (SSSR count). The van der Waals surface area contributed by atoms with Crippen molar-refractivity contribution in [1.29, 1.82) is 0 Å². The van der Waals surface area contributed by atoms with E-state index in [1.165, 1.54) is 45.4 Å². The highest BCUT2D eigenvalue weighted by atomic mass is 15.2. The van der Waals surface area contributed by atoms with Crippen molar-refractivity contribution in [3.8, 4) is 0 Å². The Morgan fingerprint density at radius 3 is 2.83 bits per heavy atom. The number of hydrogen-bond donors (Lipinski definition) is 0. The summed E-state index contributed by atoms with van der Waals surface area (Å²) in [7, 11) is 2.26. The Balaban J connectivity index is 1.59. The highest BCUT2D eigenvalue weighted by molar-refractivity contribution is 5.29. The summed E-state index contributed by atoms with van der Waals surface area (Å²) in [6.45, 7) is 6.28. The highest BCUT2D eigenvalue weighted by Crippen LogP contribution is 2.22. The second-order valence-corrected chi connectivity index (χ2v) is 6.02. The molecule has 0 saturated carbocycles. The molecule has 0 spiro atoms. The summed E-state index contributed by atoms with van der Waals surface area (Å²) in [6, 6.07) is 8.94. The third-order valence-corrected chi connectivity index (χ3v) is 4.45. The van der Waals surface area contributed by atoms with Crippen molar-refractivity contribution in [3.63, 3.8) is 0 Å². The fourth-order valence-electron chi connectivity index (χ4n) is 3.50. The average molecular weight is 244 g/mol. The van der Waals surface area contributed by atoms with Crippen molar-refractivity contribution in [1.82, 2.24) is 9.80 Å². The Morgan fingerprint density at radius 1 is 1.17 bits per heavy atom. The lowest BCUT2D eigenvalue weighted by Crippen LogP contribution is -2.41. The maximum absolute atomic E-state index is 2.66. The first-order chi connectivity index (χ1) is 8.81. The summed E-state index contributed by atoms with van der Waals surface area (Å²) in [5, 5.41) is 0. The van der Waals surface area contributed by atoms with Gasteiger partial charge in [-0.25, -0.2) is 0 Å². The molecule has 1 fully saturated rings. The topological polar surface area (TPSA) is 6.48 Å². The fraction of sp³-hybridized carbons (Fsp3) is 0.625. The number of rotatable bonds is 2. The lowest BCUT2D eigenvalue weighted by Gasteiger charge is -2.35. The molecule has 18 heavy (non-hydrogen) atoms. The molecule has 2 heteroatoms. The van der Waals surface area contributed by atoms with Crippen LogP contribution in [0, 0.1) is 5.92 Å². The Hall–Kier alpha value is -0.860. The van der Waals surface area contributed by atoms with Gasteiger partial charge in [0.1, 0.15) is 0 Å². The van der Waals surface area contributed by atoms with Crippen LogP contribution in [0.3, 0.4) is 0 Å². The van der Waals surface area contributed by atoms with Gasteiger partial charge in [-0.2, -0.15) is 0 Å². The third kappa shape index (κ3) is 2.76. The van der Waals surface area contributed by atoms with Crippen LogP contribution < -0.4 is 0 Å². The summed E-state index contributed by atoms with van der Waals surface area (Å²) >= 11 is 0. The Kier molecular flexibility index (Phi) is 3.67. The van der Waals surface area contributed by atoms with Gasteiger partial charge < -0.3 is 4.90 Å². The van der Waals surface area contributed by atoms with Crippen molar-refractivity contribution in [2.24, 2.45) is 5.92 Å². The van der Waals surface area contributed by atoms with Crippen molar-refractivity contribution in [2.45, 2.75) is 25.8 Å². The van der Waals surface area contributed by atoms with E-state index in [-0.39, 0.29) is 0 Å². The van der Waals surface area contributed by atoms with Crippen LogP contribution in [0.5, 0.6) is 0 Å². The number of piperidine rings is 1. The van der Waals surface area contributed by atoms with Crippen molar-refractivity contribution in [2.75, 3.05) is 33.2 Å². The number of nitrogens with zero attached hydrogens (tertiary/aromatic N) is 2. The van der Waals surface area contributed by atoms with Crippen LogP contribution in [-0.4, -0.2) is 43.0 Å². The average Bonchev–Trinajstić information content (AvgIpc) is 2.39. The minimum atomic E-state index is 0.883. The number of hydrogen-bond acceptors (Lipinski definition) is 2. The molecule has 2 aliphatic heterocycles. The van der Waals surface area contributed by atoms with Gasteiger partial charge in [0.2, 0.25) is 0 Å². The molecule has 0 N–H and O–H groups in total. The zero-order valence-corrected chi connectivity index (χ0v) is 11.4. The molecule has 0 bridgehead atoms. The molecule has 2 heterocycles. The molecule has 1 aromatic carbocycles. The number of fused-ring (bicyclic) bond motifs is 1. The predicted octanol–water partition coefficient (Wildman–Crippen LogP) is 2.39. The van der Waals surface area contributed by atoms with E-state index in [0.29, 0.717) is 0 Å². The molecule has 0 aliphatic carbocycles. The standard InChI is InChI=1S/C16H24N2/c1-17-9-4-5-14(11-17)12-18-10-8-15-6-2-3-7-16(15)13-18/h2-3,6-7,14H,4-5,8-13H2,1H3. The van der Waals surface area contributed by atoms with E-state index in [0.717, 1.165) is 12.5 Å². The molecule has 1 unspecified atom stereocenters. The molecule has 2 aliphatic rings. The first kappa shape index (κ1) is 12.2. The zero-order valence-electron chi connectivity index (χ0n) is 11.4. The van der Waals surface area contributed by atoms with Gasteiger partial charge >= 0.3 is 0 Å². The van der Waals surface area contributed by atoms with E-state index >= 15 is 0 Å². The molecule has 0 radical (unpaired) electrons.